The monoisotopic (exact) mass is 439 g/mol. The van der Waals surface area contributed by atoms with E-state index in [1.54, 1.807) is 23.1 Å². The van der Waals surface area contributed by atoms with Crippen molar-refractivity contribution >= 4 is 41.0 Å². The van der Waals surface area contributed by atoms with Gasteiger partial charge in [-0.2, -0.15) is 0 Å². The summed E-state index contributed by atoms with van der Waals surface area (Å²) in [6, 6.07) is 4.50. The van der Waals surface area contributed by atoms with E-state index in [2.05, 4.69) is 20.9 Å². The van der Waals surface area contributed by atoms with E-state index in [1.165, 1.54) is 6.92 Å². The molecule has 0 aromatic heterocycles. The van der Waals surface area contributed by atoms with Crippen molar-refractivity contribution in [3.05, 3.63) is 23.2 Å². The molecule has 166 valence electrons. The van der Waals surface area contributed by atoms with Gasteiger partial charge in [-0.3, -0.25) is 9.69 Å². The maximum atomic E-state index is 12.1. The lowest BCUT2D eigenvalue weighted by atomic mass is 10.2. The predicted octanol–water partition coefficient (Wildman–Crippen LogP) is 2.97. The number of ether oxygens (including phenoxy) is 1. The molecule has 0 spiro atoms. The van der Waals surface area contributed by atoms with Crippen LogP contribution in [0.2, 0.25) is 5.02 Å². The van der Waals surface area contributed by atoms with Crippen molar-refractivity contribution in [1.29, 1.82) is 0 Å². The molecule has 9 nitrogen and oxygen atoms in total. The number of hydrogen-bond acceptors (Lipinski definition) is 5. The van der Waals surface area contributed by atoms with Gasteiger partial charge in [-0.15, -0.1) is 0 Å². The first-order chi connectivity index (χ1) is 14.0. The fourth-order valence-electron chi connectivity index (χ4n) is 2.87. The summed E-state index contributed by atoms with van der Waals surface area (Å²) in [4.78, 5) is 39.2. The van der Waals surface area contributed by atoms with Gasteiger partial charge in [-0.25, -0.2) is 9.59 Å². The van der Waals surface area contributed by atoms with Gasteiger partial charge in [-0.1, -0.05) is 11.6 Å². The van der Waals surface area contributed by atoms with E-state index in [9.17, 15) is 14.4 Å². The number of piperazine rings is 1. The second kappa shape index (κ2) is 10.5. The molecule has 1 fully saturated rings. The summed E-state index contributed by atoms with van der Waals surface area (Å²) in [7, 11) is 0. The SMILES string of the molecule is CC(=O)Nc1ccc(NC(=O)NCCN2CCN(C(=O)OC(C)(C)C)CC2)c(Cl)c1. The van der Waals surface area contributed by atoms with Gasteiger partial charge >= 0.3 is 12.1 Å². The number of nitrogens with zero attached hydrogens (tertiary/aromatic N) is 2. The lowest BCUT2D eigenvalue weighted by molar-refractivity contribution is -0.114. The van der Waals surface area contributed by atoms with Crippen molar-refractivity contribution in [2.45, 2.75) is 33.3 Å². The number of benzene rings is 1. The summed E-state index contributed by atoms with van der Waals surface area (Å²) in [6.07, 6.45) is -0.291. The van der Waals surface area contributed by atoms with Crippen molar-refractivity contribution in [2.75, 3.05) is 49.9 Å². The second-order valence-corrected chi connectivity index (χ2v) is 8.47. The number of anilines is 2. The van der Waals surface area contributed by atoms with Crippen molar-refractivity contribution in [1.82, 2.24) is 15.1 Å². The third-order valence-electron chi connectivity index (χ3n) is 4.28. The second-order valence-electron chi connectivity index (χ2n) is 8.07. The fraction of sp³-hybridized carbons (Fsp3) is 0.550. The Labute approximate surface area is 182 Å². The molecule has 0 atom stereocenters. The molecule has 1 saturated heterocycles. The molecule has 0 saturated carbocycles. The number of rotatable bonds is 5. The zero-order valence-corrected chi connectivity index (χ0v) is 18.6. The summed E-state index contributed by atoms with van der Waals surface area (Å²) in [5, 5.41) is 8.44. The van der Waals surface area contributed by atoms with Crippen LogP contribution in [0.15, 0.2) is 18.2 Å². The van der Waals surface area contributed by atoms with Crippen LogP contribution in [0.5, 0.6) is 0 Å². The van der Waals surface area contributed by atoms with Crippen molar-refractivity contribution in [3.63, 3.8) is 0 Å². The maximum absolute atomic E-state index is 12.1. The molecule has 0 bridgehead atoms. The Hall–Kier alpha value is -2.52. The Bertz CT molecular complexity index is 773. The molecule has 1 aromatic carbocycles. The van der Waals surface area contributed by atoms with Crippen LogP contribution in [-0.4, -0.2) is 72.7 Å². The van der Waals surface area contributed by atoms with Crippen molar-refractivity contribution in [2.24, 2.45) is 0 Å². The first-order valence-corrected chi connectivity index (χ1v) is 10.2. The normalized spacial score (nSPS) is 14.8. The lowest BCUT2D eigenvalue weighted by Crippen LogP contribution is -2.51. The number of carbonyl (C=O) groups excluding carboxylic acids is 3. The van der Waals surface area contributed by atoms with Crippen LogP contribution in [0, 0.1) is 0 Å². The smallest absolute Gasteiger partial charge is 0.410 e. The molecule has 1 aliphatic rings. The average molecular weight is 440 g/mol. The molecule has 0 aliphatic carbocycles. The topological polar surface area (TPSA) is 103 Å². The molecule has 2 rings (SSSR count). The molecule has 3 N–H and O–H groups in total. The van der Waals surface area contributed by atoms with Crippen LogP contribution >= 0.6 is 11.6 Å². The molecule has 1 heterocycles. The first kappa shape index (κ1) is 23.8. The van der Waals surface area contributed by atoms with Crippen LogP contribution in [-0.2, 0) is 9.53 Å². The molecular formula is C20H30ClN5O4. The Balaban J connectivity index is 1.69. The maximum Gasteiger partial charge on any atom is 0.410 e. The van der Waals surface area contributed by atoms with E-state index in [1.807, 2.05) is 20.8 Å². The molecule has 0 unspecified atom stereocenters. The first-order valence-electron chi connectivity index (χ1n) is 9.86. The predicted molar refractivity (Wildman–Crippen MR) is 117 cm³/mol. The van der Waals surface area contributed by atoms with Crippen molar-refractivity contribution in [3.8, 4) is 0 Å². The Morgan fingerprint density at radius 1 is 1.10 bits per heavy atom. The zero-order chi connectivity index (χ0) is 22.3. The Morgan fingerprint density at radius 3 is 2.33 bits per heavy atom. The van der Waals surface area contributed by atoms with Crippen LogP contribution < -0.4 is 16.0 Å². The van der Waals surface area contributed by atoms with Crippen LogP contribution in [0.1, 0.15) is 27.7 Å². The molecule has 0 radical (unpaired) electrons. The number of urea groups is 1. The molecular weight excluding hydrogens is 410 g/mol. The number of carbonyl (C=O) groups is 3. The van der Waals surface area contributed by atoms with E-state index in [0.717, 1.165) is 13.1 Å². The Kier molecular flexibility index (Phi) is 8.31. The van der Waals surface area contributed by atoms with E-state index in [0.29, 0.717) is 42.6 Å². The summed E-state index contributed by atoms with van der Waals surface area (Å²) in [6.45, 7) is 10.7. The van der Waals surface area contributed by atoms with Crippen LogP contribution in [0.4, 0.5) is 21.0 Å². The highest BCUT2D eigenvalue weighted by atomic mass is 35.5. The van der Waals surface area contributed by atoms with E-state index >= 15 is 0 Å². The summed E-state index contributed by atoms with van der Waals surface area (Å²) in [5.74, 6) is -0.198. The minimum atomic E-state index is -0.501. The molecule has 1 aromatic rings. The molecule has 10 heteroatoms. The van der Waals surface area contributed by atoms with Crippen LogP contribution in [0.25, 0.3) is 0 Å². The number of halogens is 1. The fourth-order valence-corrected chi connectivity index (χ4v) is 3.10. The highest BCUT2D eigenvalue weighted by Crippen LogP contribution is 2.25. The third-order valence-corrected chi connectivity index (χ3v) is 4.59. The van der Waals surface area contributed by atoms with Gasteiger partial charge in [0, 0.05) is 51.9 Å². The summed E-state index contributed by atoms with van der Waals surface area (Å²) >= 11 is 6.15. The molecule has 1 aliphatic heterocycles. The average Bonchev–Trinajstić information content (AvgIpc) is 2.62. The largest absolute Gasteiger partial charge is 0.444 e. The molecule has 30 heavy (non-hydrogen) atoms. The van der Waals surface area contributed by atoms with Crippen molar-refractivity contribution < 1.29 is 19.1 Å². The highest BCUT2D eigenvalue weighted by Gasteiger charge is 2.25. The van der Waals surface area contributed by atoms with E-state index in [4.69, 9.17) is 16.3 Å². The Morgan fingerprint density at radius 2 is 1.77 bits per heavy atom. The van der Waals surface area contributed by atoms with Gasteiger partial charge in [0.15, 0.2) is 0 Å². The summed E-state index contributed by atoms with van der Waals surface area (Å²) < 4.78 is 5.39. The molecule has 4 amide bonds. The van der Waals surface area contributed by atoms with E-state index < -0.39 is 5.60 Å². The third kappa shape index (κ3) is 8.08. The number of amides is 4. The standard InChI is InChI=1S/C20H30ClN5O4/c1-14(27)23-15-5-6-17(16(21)13-15)24-18(28)22-7-8-25-9-11-26(12-10-25)19(29)30-20(2,3)4/h5-6,13H,7-12H2,1-4H3,(H,23,27)(H2,22,24,28). The number of hydrogen-bond donors (Lipinski definition) is 3. The van der Waals surface area contributed by atoms with Gasteiger partial charge in [-0.05, 0) is 39.0 Å². The van der Waals surface area contributed by atoms with Crippen LogP contribution in [0.3, 0.4) is 0 Å². The van der Waals surface area contributed by atoms with Gasteiger partial charge < -0.3 is 25.6 Å². The van der Waals surface area contributed by atoms with Gasteiger partial charge in [0.25, 0.3) is 0 Å². The zero-order valence-electron chi connectivity index (χ0n) is 17.9. The van der Waals surface area contributed by atoms with E-state index in [-0.39, 0.29) is 18.0 Å². The van der Waals surface area contributed by atoms with Gasteiger partial charge in [0.1, 0.15) is 5.60 Å². The lowest BCUT2D eigenvalue weighted by Gasteiger charge is -2.35. The van der Waals surface area contributed by atoms with Gasteiger partial charge in [0.05, 0.1) is 10.7 Å². The minimum absolute atomic E-state index is 0.198. The summed E-state index contributed by atoms with van der Waals surface area (Å²) in [5.41, 5.74) is 0.511. The quantitative estimate of drug-likeness (QED) is 0.654. The minimum Gasteiger partial charge on any atom is -0.444 e. The van der Waals surface area contributed by atoms with Gasteiger partial charge in [0.2, 0.25) is 5.91 Å². The number of nitrogens with one attached hydrogen (secondary N) is 3. The highest BCUT2D eigenvalue weighted by molar-refractivity contribution is 6.34.